The van der Waals surface area contributed by atoms with Crippen molar-refractivity contribution in [3.63, 3.8) is 0 Å². The van der Waals surface area contributed by atoms with E-state index in [2.05, 4.69) is 220 Å². The second kappa shape index (κ2) is 73.7. The third-order valence-electron chi connectivity index (χ3n) is 15.0. The van der Waals surface area contributed by atoms with Crippen LogP contribution in [0.4, 0.5) is 0 Å². The molecule has 9 heteroatoms. The Morgan fingerprint density at radius 3 is 0.842 bits per heavy atom. The number of carbonyl (C=O) groups is 3. The molecule has 95 heavy (non-hydrogen) atoms. The number of carbonyl (C=O) groups excluding carboxylic acids is 3. The van der Waals surface area contributed by atoms with E-state index in [1.807, 2.05) is 21.1 Å². The van der Waals surface area contributed by atoms with Gasteiger partial charge >= 0.3 is 11.9 Å². The molecule has 0 aliphatic heterocycles. The summed E-state index contributed by atoms with van der Waals surface area (Å²) in [6, 6.07) is 0. The maximum absolute atomic E-state index is 12.9. The number of carboxylic acid groups (broad SMARTS) is 1. The number of allylic oxidation sites excluding steroid dienone is 34. The van der Waals surface area contributed by atoms with Crippen molar-refractivity contribution in [1.82, 2.24) is 0 Å². The van der Waals surface area contributed by atoms with Gasteiger partial charge in [-0.1, -0.05) is 304 Å². The van der Waals surface area contributed by atoms with Crippen LogP contribution in [0.25, 0.3) is 0 Å². The summed E-state index contributed by atoms with van der Waals surface area (Å²) in [5.41, 5.74) is 0. The Morgan fingerprint density at radius 1 is 0.316 bits per heavy atom. The normalized spacial score (nSPS) is 13.9. The molecule has 0 bridgehead atoms. The largest absolute Gasteiger partial charge is 0.545 e. The van der Waals surface area contributed by atoms with E-state index in [0.29, 0.717) is 17.4 Å². The predicted molar refractivity (Wildman–Crippen MR) is 407 cm³/mol. The number of carboxylic acids is 1. The molecule has 0 saturated carbocycles. The Morgan fingerprint density at radius 2 is 0.568 bits per heavy atom. The van der Waals surface area contributed by atoms with E-state index >= 15 is 0 Å². The van der Waals surface area contributed by atoms with Crippen LogP contribution in [0.15, 0.2) is 207 Å². The lowest BCUT2D eigenvalue weighted by Crippen LogP contribution is -2.44. The Balaban J connectivity index is 4.22. The van der Waals surface area contributed by atoms with Gasteiger partial charge in [0, 0.05) is 12.8 Å². The molecule has 0 aromatic rings. The molecule has 532 valence electrons. The minimum absolute atomic E-state index is 0.131. The zero-order chi connectivity index (χ0) is 69.0. The molecule has 0 fully saturated rings. The standard InChI is InChI=1S/C86H135NO8/c1-6-8-10-12-14-16-18-20-22-24-26-28-30-32-34-36-38-40-42-44-46-48-50-52-54-56-58-60-62-64-66-68-70-72-74-76-83(88)93-80-82(81-94-86(85(90)91)92-79-78-87(3,4)5)95-84(89)77-75-73-71-69-67-65-63-61-59-57-55-53-51-49-47-45-43-41-39-37-35-33-31-29-27-25-23-21-19-17-15-13-11-9-7-2/h8-11,14-17,20-23,26-29,32-35,38-41,44-47,51,53,57,59,63,65,82,86H,6-7,12-13,18-19,24-25,30-31,36-37,42-43,48-50,52,54-56,58,60-62,64,66-81H2,1-5H3/b10-8-,11-9-,16-14-,17-15-,22-20-,23-21-,28-26-,29-27-,34-32-,35-33-,40-38-,41-39-,46-44-,47-45-,53-51-,59-57-,65-63-. The summed E-state index contributed by atoms with van der Waals surface area (Å²) in [5.74, 6) is -2.34. The Kier molecular flexibility index (Phi) is 68.9. The lowest BCUT2D eigenvalue weighted by atomic mass is 10.0. The van der Waals surface area contributed by atoms with Crippen LogP contribution in [0.5, 0.6) is 0 Å². The van der Waals surface area contributed by atoms with Crippen LogP contribution in [0.3, 0.4) is 0 Å². The molecule has 0 spiro atoms. The molecule has 0 aromatic heterocycles. The molecule has 0 aliphatic rings. The molecule has 0 aliphatic carbocycles. The molecule has 9 nitrogen and oxygen atoms in total. The highest BCUT2D eigenvalue weighted by Gasteiger charge is 2.22. The van der Waals surface area contributed by atoms with Gasteiger partial charge in [0.25, 0.3) is 0 Å². The number of esters is 2. The summed E-state index contributed by atoms with van der Waals surface area (Å²) in [4.78, 5) is 37.6. The number of quaternary nitrogens is 1. The SMILES string of the molecule is CC/C=C\C/C=C\C/C=C\C/C=C\C/C=C\C/C=C\C/C=C\C/C=C\C/C=C\C/C=C\CCCCCCC(=O)OC(COC(=O)CCCCCCCCCCCCCCC/C=C\C/C=C\C/C=C\C/C=C\C/C=C\C/C=C\C/C=C\CC)COC(OCC[N+](C)(C)C)C(=O)[O-]. The third kappa shape index (κ3) is 75.1. The maximum Gasteiger partial charge on any atom is 0.306 e. The summed E-state index contributed by atoms with van der Waals surface area (Å²) in [5, 5.41) is 11.8. The molecule has 0 heterocycles. The van der Waals surface area contributed by atoms with Crippen molar-refractivity contribution in [3.8, 4) is 0 Å². The fourth-order valence-corrected chi connectivity index (χ4v) is 9.43. The van der Waals surface area contributed by atoms with Crippen molar-refractivity contribution in [1.29, 1.82) is 0 Å². The van der Waals surface area contributed by atoms with Gasteiger partial charge in [0.05, 0.1) is 40.3 Å². The maximum atomic E-state index is 12.9. The number of hydrogen-bond acceptors (Lipinski definition) is 8. The van der Waals surface area contributed by atoms with Gasteiger partial charge in [-0.3, -0.25) is 9.59 Å². The van der Waals surface area contributed by atoms with E-state index in [0.717, 1.165) is 161 Å². The number of aliphatic carboxylic acids is 1. The molecule has 0 N–H and O–H groups in total. The third-order valence-corrected chi connectivity index (χ3v) is 15.0. The molecular weight excluding hydrogens is 1170 g/mol. The monoisotopic (exact) mass is 1310 g/mol. The van der Waals surface area contributed by atoms with E-state index in [1.165, 1.54) is 64.2 Å². The number of unbranched alkanes of at least 4 members (excludes halogenated alkanes) is 17. The van der Waals surface area contributed by atoms with Crippen LogP contribution >= 0.6 is 0 Å². The van der Waals surface area contributed by atoms with Gasteiger partial charge in [0.1, 0.15) is 13.2 Å². The number of ether oxygens (including phenoxy) is 4. The van der Waals surface area contributed by atoms with Gasteiger partial charge in [-0.25, -0.2) is 0 Å². The van der Waals surface area contributed by atoms with E-state index in [9.17, 15) is 19.5 Å². The molecule has 0 saturated heterocycles. The van der Waals surface area contributed by atoms with E-state index < -0.39 is 24.3 Å². The molecule has 0 aromatic carbocycles. The van der Waals surface area contributed by atoms with Crippen LogP contribution in [0.1, 0.15) is 258 Å². The van der Waals surface area contributed by atoms with Gasteiger partial charge in [0.15, 0.2) is 12.4 Å². The average Bonchev–Trinajstić information content (AvgIpc) is 3.58. The van der Waals surface area contributed by atoms with Gasteiger partial charge in [-0.05, 0) is 148 Å². The summed E-state index contributed by atoms with van der Waals surface area (Å²) in [6.07, 6.45) is 112. The van der Waals surface area contributed by atoms with Crippen molar-refractivity contribution in [2.45, 2.75) is 270 Å². The Hall–Kier alpha value is -6.13. The van der Waals surface area contributed by atoms with Gasteiger partial charge in [-0.2, -0.15) is 0 Å². The Labute approximate surface area is 582 Å². The smallest absolute Gasteiger partial charge is 0.306 e. The lowest BCUT2D eigenvalue weighted by molar-refractivity contribution is -0.870. The van der Waals surface area contributed by atoms with E-state index in [1.54, 1.807) is 0 Å². The summed E-state index contributed by atoms with van der Waals surface area (Å²) >= 11 is 0. The number of nitrogens with zero attached hydrogens (tertiary/aromatic N) is 1. The first kappa shape index (κ1) is 88.9. The van der Waals surface area contributed by atoms with Crippen LogP contribution in [0.2, 0.25) is 0 Å². The van der Waals surface area contributed by atoms with Crippen molar-refractivity contribution >= 4 is 17.9 Å². The first-order valence-electron chi connectivity index (χ1n) is 37.2. The van der Waals surface area contributed by atoms with Crippen molar-refractivity contribution in [2.24, 2.45) is 0 Å². The quantitative estimate of drug-likeness (QED) is 0.0195. The molecular formula is C86H135NO8. The Bertz CT molecular complexity index is 2320. The first-order valence-corrected chi connectivity index (χ1v) is 37.2. The fourth-order valence-electron chi connectivity index (χ4n) is 9.43. The van der Waals surface area contributed by atoms with E-state index in [4.69, 9.17) is 18.9 Å². The van der Waals surface area contributed by atoms with Gasteiger partial charge in [0.2, 0.25) is 0 Å². The van der Waals surface area contributed by atoms with Crippen molar-refractivity contribution in [2.75, 3.05) is 47.5 Å². The molecule has 2 atom stereocenters. The molecule has 0 rings (SSSR count). The summed E-state index contributed by atoms with van der Waals surface area (Å²) < 4.78 is 22.8. The van der Waals surface area contributed by atoms with Gasteiger partial charge in [-0.15, -0.1) is 0 Å². The zero-order valence-corrected chi connectivity index (χ0v) is 60.7. The highest BCUT2D eigenvalue weighted by Crippen LogP contribution is 2.15. The van der Waals surface area contributed by atoms with Gasteiger partial charge < -0.3 is 33.3 Å². The molecule has 0 radical (unpaired) electrons. The molecule has 0 amide bonds. The van der Waals surface area contributed by atoms with Crippen LogP contribution < -0.4 is 5.11 Å². The van der Waals surface area contributed by atoms with Crippen LogP contribution in [0, 0.1) is 0 Å². The second-order valence-electron chi connectivity index (χ2n) is 25.1. The molecule has 2 unspecified atom stereocenters. The number of likely N-dealkylation sites (N-methyl/N-ethyl adjacent to an activating group) is 1. The summed E-state index contributed by atoms with van der Waals surface area (Å²) in [6.45, 7) is 4.47. The average molecular weight is 1310 g/mol. The van der Waals surface area contributed by atoms with Crippen LogP contribution in [-0.2, 0) is 33.3 Å². The highest BCUT2D eigenvalue weighted by atomic mass is 16.7. The van der Waals surface area contributed by atoms with Crippen molar-refractivity contribution < 1.29 is 42.9 Å². The second-order valence-corrected chi connectivity index (χ2v) is 25.1. The van der Waals surface area contributed by atoms with E-state index in [-0.39, 0.29) is 38.6 Å². The topological polar surface area (TPSA) is 111 Å². The first-order chi connectivity index (χ1) is 46.6. The number of hydrogen-bond donors (Lipinski definition) is 0. The zero-order valence-electron chi connectivity index (χ0n) is 60.7. The lowest BCUT2D eigenvalue weighted by Gasteiger charge is -2.26. The minimum atomic E-state index is -1.64. The highest BCUT2D eigenvalue weighted by molar-refractivity contribution is 5.70. The van der Waals surface area contributed by atoms with Crippen molar-refractivity contribution in [3.05, 3.63) is 207 Å². The fraction of sp³-hybridized carbons (Fsp3) is 0.570. The minimum Gasteiger partial charge on any atom is -0.545 e. The predicted octanol–water partition coefficient (Wildman–Crippen LogP) is 22.6. The summed E-state index contributed by atoms with van der Waals surface area (Å²) in [7, 11) is 5.91. The van der Waals surface area contributed by atoms with Crippen LogP contribution in [-0.4, -0.2) is 82.3 Å². The number of rotatable bonds is 66.